The van der Waals surface area contributed by atoms with Crippen molar-refractivity contribution in [2.24, 2.45) is 0 Å². The van der Waals surface area contributed by atoms with Crippen LogP contribution in [0.2, 0.25) is 5.02 Å². The van der Waals surface area contributed by atoms with E-state index >= 15 is 0 Å². The molecule has 0 spiro atoms. The maximum absolute atomic E-state index is 6.16. The van der Waals surface area contributed by atoms with Crippen molar-refractivity contribution in [1.29, 1.82) is 0 Å². The Hall–Kier alpha value is -1.74. The number of nitrogens with one attached hydrogen (secondary N) is 1. The molecule has 0 saturated heterocycles. The van der Waals surface area contributed by atoms with E-state index < -0.39 is 0 Å². The first kappa shape index (κ1) is 11.7. The molecule has 0 aliphatic heterocycles. The zero-order valence-corrected chi connectivity index (χ0v) is 10.4. The van der Waals surface area contributed by atoms with Crippen LogP contribution in [0.15, 0.2) is 43.2 Å². The maximum atomic E-state index is 6.16. The molecule has 0 fully saturated rings. The predicted molar refractivity (Wildman–Crippen MR) is 71.9 cm³/mol. The van der Waals surface area contributed by atoms with E-state index in [1.807, 2.05) is 42.0 Å². The number of para-hydroxylation sites is 1. The van der Waals surface area contributed by atoms with Gasteiger partial charge in [0.2, 0.25) is 5.95 Å². The maximum Gasteiger partial charge on any atom is 0.207 e. The molecule has 1 heterocycles. The SMILES string of the molecule is C=CCn1ccnc1Nc1c(C)cccc1Cl. The van der Waals surface area contributed by atoms with E-state index in [0.717, 1.165) is 17.2 Å². The lowest BCUT2D eigenvalue weighted by Gasteiger charge is -2.11. The van der Waals surface area contributed by atoms with Gasteiger partial charge in [-0.25, -0.2) is 4.98 Å². The van der Waals surface area contributed by atoms with Crippen molar-refractivity contribution < 1.29 is 0 Å². The third-order valence-electron chi connectivity index (χ3n) is 2.50. The van der Waals surface area contributed by atoms with Crippen molar-refractivity contribution in [2.45, 2.75) is 13.5 Å². The van der Waals surface area contributed by atoms with E-state index in [-0.39, 0.29) is 0 Å². The second kappa shape index (κ2) is 5.06. The van der Waals surface area contributed by atoms with Crippen LogP contribution < -0.4 is 5.32 Å². The predicted octanol–water partition coefficient (Wildman–Crippen LogP) is 3.77. The summed E-state index contributed by atoms with van der Waals surface area (Å²) < 4.78 is 1.97. The molecule has 88 valence electrons. The van der Waals surface area contributed by atoms with E-state index in [4.69, 9.17) is 11.6 Å². The van der Waals surface area contributed by atoms with Crippen molar-refractivity contribution >= 4 is 23.2 Å². The fourth-order valence-electron chi connectivity index (χ4n) is 1.62. The van der Waals surface area contributed by atoms with Gasteiger partial charge in [0.1, 0.15) is 0 Å². The number of nitrogens with zero attached hydrogens (tertiary/aromatic N) is 2. The summed E-state index contributed by atoms with van der Waals surface area (Å²) in [5.74, 6) is 0.765. The summed E-state index contributed by atoms with van der Waals surface area (Å²) >= 11 is 6.16. The fourth-order valence-corrected chi connectivity index (χ4v) is 1.89. The molecule has 0 saturated carbocycles. The molecule has 0 aliphatic carbocycles. The number of hydrogen-bond donors (Lipinski definition) is 1. The van der Waals surface area contributed by atoms with Crippen LogP contribution >= 0.6 is 11.6 Å². The van der Waals surface area contributed by atoms with Crippen LogP contribution in [0, 0.1) is 6.92 Å². The molecular formula is C13H14ClN3. The van der Waals surface area contributed by atoms with Gasteiger partial charge in [0.25, 0.3) is 0 Å². The number of imidazole rings is 1. The largest absolute Gasteiger partial charge is 0.324 e. The van der Waals surface area contributed by atoms with E-state index in [0.29, 0.717) is 11.6 Å². The highest BCUT2D eigenvalue weighted by Crippen LogP contribution is 2.27. The summed E-state index contributed by atoms with van der Waals surface area (Å²) in [6.07, 6.45) is 5.47. The number of aryl methyl sites for hydroxylation is 1. The molecule has 3 nitrogen and oxygen atoms in total. The average molecular weight is 248 g/mol. The molecule has 2 aromatic rings. The van der Waals surface area contributed by atoms with Gasteiger partial charge in [-0.1, -0.05) is 29.8 Å². The van der Waals surface area contributed by atoms with Gasteiger partial charge in [-0.05, 0) is 18.6 Å². The Labute approximate surface area is 106 Å². The van der Waals surface area contributed by atoms with Crippen molar-refractivity contribution in [2.75, 3.05) is 5.32 Å². The van der Waals surface area contributed by atoms with E-state index in [2.05, 4.69) is 16.9 Å². The molecule has 17 heavy (non-hydrogen) atoms. The Morgan fingerprint density at radius 2 is 2.35 bits per heavy atom. The monoisotopic (exact) mass is 247 g/mol. The Morgan fingerprint density at radius 1 is 1.53 bits per heavy atom. The second-order valence-electron chi connectivity index (χ2n) is 3.75. The summed E-state index contributed by atoms with van der Waals surface area (Å²) in [4.78, 5) is 4.26. The third kappa shape index (κ3) is 2.50. The van der Waals surface area contributed by atoms with Gasteiger partial charge in [0, 0.05) is 18.9 Å². The van der Waals surface area contributed by atoms with E-state index in [9.17, 15) is 0 Å². The molecule has 0 bridgehead atoms. The summed E-state index contributed by atoms with van der Waals surface area (Å²) in [6, 6.07) is 5.80. The highest BCUT2D eigenvalue weighted by molar-refractivity contribution is 6.33. The molecule has 1 aromatic heterocycles. The smallest absolute Gasteiger partial charge is 0.207 e. The summed E-state index contributed by atoms with van der Waals surface area (Å²) in [7, 11) is 0. The topological polar surface area (TPSA) is 29.9 Å². The lowest BCUT2D eigenvalue weighted by Crippen LogP contribution is -2.03. The number of rotatable bonds is 4. The molecule has 0 atom stereocenters. The Bertz CT molecular complexity index is 511. The first-order chi connectivity index (χ1) is 8.22. The first-order valence-electron chi connectivity index (χ1n) is 5.36. The quantitative estimate of drug-likeness (QED) is 0.834. The van der Waals surface area contributed by atoms with Gasteiger partial charge in [0.05, 0.1) is 10.7 Å². The second-order valence-corrected chi connectivity index (χ2v) is 4.16. The first-order valence-corrected chi connectivity index (χ1v) is 5.74. The van der Waals surface area contributed by atoms with Crippen LogP contribution in [0.1, 0.15) is 5.56 Å². The molecule has 4 heteroatoms. The molecule has 0 amide bonds. The van der Waals surface area contributed by atoms with Gasteiger partial charge >= 0.3 is 0 Å². The van der Waals surface area contributed by atoms with Crippen molar-refractivity contribution in [1.82, 2.24) is 9.55 Å². The third-order valence-corrected chi connectivity index (χ3v) is 2.81. The normalized spacial score (nSPS) is 10.2. The van der Waals surface area contributed by atoms with E-state index in [1.165, 1.54) is 0 Å². The highest BCUT2D eigenvalue weighted by atomic mass is 35.5. The minimum absolute atomic E-state index is 0.693. The summed E-state index contributed by atoms with van der Waals surface area (Å²) in [5.41, 5.74) is 1.98. The number of halogens is 1. The van der Waals surface area contributed by atoms with Gasteiger partial charge in [-0.3, -0.25) is 0 Å². The van der Waals surface area contributed by atoms with Gasteiger partial charge < -0.3 is 9.88 Å². The number of allylic oxidation sites excluding steroid dienone is 1. The van der Waals surface area contributed by atoms with Crippen molar-refractivity contribution in [3.8, 4) is 0 Å². The lowest BCUT2D eigenvalue weighted by molar-refractivity contribution is 0.833. The van der Waals surface area contributed by atoms with Crippen LogP contribution in [0.5, 0.6) is 0 Å². The van der Waals surface area contributed by atoms with Crippen LogP contribution in [0.25, 0.3) is 0 Å². The molecule has 0 aliphatic rings. The number of benzene rings is 1. The van der Waals surface area contributed by atoms with Crippen LogP contribution in [0.3, 0.4) is 0 Å². The highest BCUT2D eigenvalue weighted by Gasteiger charge is 2.07. The minimum atomic E-state index is 0.693. The van der Waals surface area contributed by atoms with E-state index in [1.54, 1.807) is 6.20 Å². The Morgan fingerprint density at radius 3 is 3.06 bits per heavy atom. The zero-order valence-electron chi connectivity index (χ0n) is 9.65. The van der Waals surface area contributed by atoms with Crippen LogP contribution in [-0.2, 0) is 6.54 Å². The van der Waals surface area contributed by atoms with Gasteiger partial charge in [-0.2, -0.15) is 0 Å². The molecule has 0 unspecified atom stereocenters. The molecule has 2 rings (SSSR count). The summed E-state index contributed by atoms with van der Waals surface area (Å²) in [5, 5.41) is 3.94. The molecule has 0 radical (unpaired) electrons. The average Bonchev–Trinajstić information content (AvgIpc) is 2.72. The summed E-state index contributed by atoms with van der Waals surface area (Å²) in [6.45, 7) is 6.44. The number of hydrogen-bond acceptors (Lipinski definition) is 2. The number of anilines is 2. The zero-order chi connectivity index (χ0) is 12.3. The molecule has 1 aromatic carbocycles. The Balaban J connectivity index is 2.31. The van der Waals surface area contributed by atoms with Gasteiger partial charge in [-0.15, -0.1) is 6.58 Å². The van der Waals surface area contributed by atoms with Crippen LogP contribution in [0.4, 0.5) is 11.6 Å². The number of aromatic nitrogens is 2. The van der Waals surface area contributed by atoms with Gasteiger partial charge in [0.15, 0.2) is 0 Å². The standard InChI is InChI=1S/C13H14ClN3/c1-3-8-17-9-7-15-13(17)16-12-10(2)5-4-6-11(12)14/h3-7,9H,1,8H2,2H3,(H,15,16). The van der Waals surface area contributed by atoms with Crippen LogP contribution in [-0.4, -0.2) is 9.55 Å². The van der Waals surface area contributed by atoms with Crippen molar-refractivity contribution in [3.63, 3.8) is 0 Å². The fraction of sp³-hybridized carbons (Fsp3) is 0.154. The van der Waals surface area contributed by atoms with Crippen molar-refractivity contribution in [3.05, 3.63) is 53.8 Å². The minimum Gasteiger partial charge on any atom is -0.324 e. The molecular weight excluding hydrogens is 234 g/mol. The lowest BCUT2D eigenvalue weighted by atomic mass is 10.2. The Kier molecular flexibility index (Phi) is 3.49. The molecule has 1 N–H and O–H groups in total.